The second-order valence-electron chi connectivity index (χ2n) is 7.27. The number of azo groups is 1. The van der Waals surface area contributed by atoms with Crippen LogP contribution in [0.1, 0.15) is 11.1 Å². The number of hydrogen-bond acceptors (Lipinski definition) is 8. The van der Waals surface area contributed by atoms with Crippen LogP contribution in [0.5, 0.6) is 11.6 Å². The zero-order valence-electron chi connectivity index (χ0n) is 18.0. The van der Waals surface area contributed by atoms with E-state index < -0.39 is 4.92 Å². The number of hydrogen-bond donors (Lipinski definition) is 1. The molecular formula is C24H20N6O3. The smallest absolute Gasteiger partial charge is 0.373 e. The molecule has 0 saturated heterocycles. The van der Waals surface area contributed by atoms with Crippen LogP contribution in [0.2, 0.25) is 0 Å². The van der Waals surface area contributed by atoms with Gasteiger partial charge in [-0.1, -0.05) is 24.3 Å². The standard InChI is InChI=1S/C24H20N6O3/c1-16-12-17(2)14-21(13-16)33-24-22(30(31)32)23(25-15-26-24)27-18-8-10-20(11-9-18)29-28-19-6-4-3-5-7-19/h3-15H,1-2H3,(H,25,26,27). The van der Waals surface area contributed by atoms with Crippen LogP contribution in [0.15, 0.2) is 89.4 Å². The number of benzene rings is 3. The lowest BCUT2D eigenvalue weighted by Gasteiger charge is -2.10. The fraction of sp³-hybridized carbons (Fsp3) is 0.0833. The third kappa shape index (κ3) is 5.53. The van der Waals surface area contributed by atoms with Crippen LogP contribution >= 0.6 is 0 Å². The van der Waals surface area contributed by atoms with Gasteiger partial charge >= 0.3 is 11.6 Å². The summed E-state index contributed by atoms with van der Waals surface area (Å²) < 4.78 is 5.74. The van der Waals surface area contributed by atoms with E-state index >= 15 is 0 Å². The summed E-state index contributed by atoms with van der Waals surface area (Å²) in [6.07, 6.45) is 1.22. The Labute approximate surface area is 190 Å². The van der Waals surface area contributed by atoms with Crippen molar-refractivity contribution in [3.63, 3.8) is 0 Å². The van der Waals surface area contributed by atoms with Gasteiger partial charge in [0.25, 0.3) is 0 Å². The van der Waals surface area contributed by atoms with Gasteiger partial charge in [0.05, 0.1) is 16.3 Å². The van der Waals surface area contributed by atoms with Gasteiger partial charge in [-0.25, -0.2) is 4.98 Å². The maximum atomic E-state index is 11.8. The molecule has 0 spiro atoms. The van der Waals surface area contributed by atoms with Crippen molar-refractivity contribution in [1.82, 2.24) is 9.97 Å². The van der Waals surface area contributed by atoms with Gasteiger partial charge in [-0.3, -0.25) is 10.1 Å². The molecule has 0 radical (unpaired) electrons. The minimum absolute atomic E-state index is 0.0213. The normalized spacial score (nSPS) is 10.8. The van der Waals surface area contributed by atoms with Crippen molar-refractivity contribution in [3.05, 3.63) is 100 Å². The topological polar surface area (TPSA) is 115 Å². The number of aromatic nitrogens is 2. The highest BCUT2D eigenvalue weighted by Gasteiger charge is 2.25. The van der Waals surface area contributed by atoms with E-state index in [0.717, 1.165) is 16.8 Å². The third-order valence-corrected chi connectivity index (χ3v) is 4.55. The van der Waals surface area contributed by atoms with Gasteiger partial charge in [0, 0.05) is 5.69 Å². The largest absolute Gasteiger partial charge is 0.434 e. The van der Waals surface area contributed by atoms with Gasteiger partial charge < -0.3 is 10.1 Å². The zero-order valence-corrected chi connectivity index (χ0v) is 18.0. The van der Waals surface area contributed by atoms with Gasteiger partial charge in [0.1, 0.15) is 12.1 Å². The molecule has 0 unspecified atom stereocenters. The number of anilines is 2. The predicted octanol–water partition coefficient (Wildman–Crippen LogP) is 6.95. The van der Waals surface area contributed by atoms with E-state index in [-0.39, 0.29) is 17.4 Å². The van der Waals surface area contributed by atoms with Crippen LogP contribution in [0.3, 0.4) is 0 Å². The first kappa shape index (κ1) is 21.6. The van der Waals surface area contributed by atoms with Crippen LogP contribution < -0.4 is 10.1 Å². The Kier molecular flexibility index (Phi) is 6.31. The molecule has 9 nitrogen and oxygen atoms in total. The van der Waals surface area contributed by atoms with Gasteiger partial charge in [-0.2, -0.15) is 15.2 Å². The van der Waals surface area contributed by atoms with E-state index in [9.17, 15) is 10.1 Å². The average Bonchev–Trinajstić information content (AvgIpc) is 2.78. The van der Waals surface area contributed by atoms with Gasteiger partial charge in [-0.05, 0) is 73.5 Å². The summed E-state index contributed by atoms with van der Waals surface area (Å²) >= 11 is 0. The minimum atomic E-state index is -0.567. The maximum Gasteiger partial charge on any atom is 0.373 e. The quantitative estimate of drug-likeness (QED) is 0.189. The molecule has 0 aliphatic carbocycles. The number of rotatable bonds is 7. The fourth-order valence-corrected chi connectivity index (χ4v) is 3.16. The Morgan fingerprint density at radius 1 is 0.879 bits per heavy atom. The summed E-state index contributed by atoms with van der Waals surface area (Å²) in [6.45, 7) is 3.84. The van der Waals surface area contributed by atoms with Crippen LogP contribution in [0, 0.1) is 24.0 Å². The summed E-state index contributed by atoms with van der Waals surface area (Å²) in [5.74, 6) is 0.345. The molecule has 164 valence electrons. The van der Waals surface area contributed by atoms with Gasteiger partial charge in [0.15, 0.2) is 0 Å². The Morgan fingerprint density at radius 2 is 1.52 bits per heavy atom. The van der Waals surface area contributed by atoms with E-state index in [4.69, 9.17) is 4.74 Å². The molecule has 9 heteroatoms. The van der Waals surface area contributed by atoms with E-state index in [2.05, 4.69) is 25.5 Å². The van der Waals surface area contributed by atoms with Crippen molar-refractivity contribution in [2.24, 2.45) is 10.2 Å². The second kappa shape index (κ2) is 9.65. The molecular weight excluding hydrogens is 420 g/mol. The van der Waals surface area contributed by atoms with Crippen LogP contribution in [0.25, 0.3) is 0 Å². The van der Waals surface area contributed by atoms with Crippen molar-refractivity contribution in [2.75, 3.05) is 5.32 Å². The van der Waals surface area contributed by atoms with Gasteiger partial charge in [-0.15, -0.1) is 0 Å². The Bertz CT molecular complexity index is 1290. The Balaban J connectivity index is 1.56. The number of nitrogens with one attached hydrogen (secondary N) is 1. The predicted molar refractivity (Wildman–Crippen MR) is 125 cm³/mol. The number of nitrogens with zero attached hydrogens (tertiary/aromatic N) is 5. The van der Waals surface area contributed by atoms with Crippen molar-refractivity contribution in [2.45, 2.75) is 13.8 Å². The average molecular weight is 440 g/mol. The summed E-state index contributed by atoms with van der Waals surface area (Å²) in [7, 11) is 0. The Hall–Kier alpha value is -4.66. The SMILES string of the molecule is Cc1cc(C)cc(Oc2ncnc(Nc3ccc(N=Nc4ccccc4)cc3)c2[N+](=O)[O-])c1. The molecule has 1 heterocycles. The lowest BCUT2D eigenvalue weighted by Crippen LogP contribution is -2.03. The van der Waals surface area contributed by atoms with E-state index in [0.29, 0.717) is 17.1 Å². The molecule has 0 amide bonds. The molecule has 33 heavy (non-hydrogen) atoms. The van der Waals surface area contributed by atoms with Crippen LogP contribution in [-0.2, 0) is 0 Å². The highest BCUT2D eigenvalue weighted by Crippen LogP contribution is 2.36. The molecule has 0 bridgehead atoms. The van der Waals surface area contributed by atoms with Crippen LogP contribution in [0.4, 0.5) is 28.6 Å². The summed E-state index contributed by atoms with van der Waals surface area (Å²) in [5, 5.41) is 23.1. The summed E-state index contributed by atoms with van der Waals surface area (Å²) in [6, 6.07) is 21.9. The van der Waals surface area contributed by atoms with Crippen molar-refractivity contribution in [1.29, 1.82) is 0 Å². The second-order valence-corrected chi connectivity index (χ2v) is 7.27. The molecule has 0 aliphatic heterocycles. The van der Waals surface area contributed by atoms with Crippen molar-refractivity contribution in [3.8, 4) is 11.6 Å². The molecule has 0 atom stereocenters. The lowest BCUT2D eigenvalue weighted by molar-refractivity contribution is -0.385. The van der Waals surface area contributed by atoms with Crippen molar-refractivity contribution >= 4 is 28.6 Å². The van der Waals surface area contributed by atoms with E-state index in [1.807, 2.05) is 50.2 Å². The monoisotopic (exact) mass is 440 g/mol. The Morgan fingerprint density at radius 3 is 2.15 bits per heavy atom. The molecule has 0 aliphatic rings. The number of nitro groups is 1. The van der Waals surface area contributed by atoms with E-state index in [1.165, 1.54) is 6.33 Å². The first-order valence-corrected chi connectivity index (χ1v) is 10.1. The van der Waals surface area contributed by atoms with E-state index in [1.54, 1.807) is 36.4 Å². The maximum absolute atomic E-state index is 11.8. The van der Waals surface area contributed by atoms with Gasteiger partial charge in [0.2, 0.25) is 5.82 Å². The minimum Gasteiger partial charge on any atom is -0.434 e. The molecule has 1 N–H and O–H groups in total. The van der Waals surface area contributed by atoms with Crippen molar-refractivity contribution < 1.29 is 9.66 Å². The highest BCUT2D eigenvalue weighted by atomic mass is 16.6. The first-order chi connectivity index (χ1) is 16.0. The summed E-state index contributed by atoms with van der Waals surface area (Å²) in [4.78, 5) is 19.3. The fourth-order valence-electron chi connectivity index (χ4n) is 3.16. The molecule has 1 aromatic heterocycles. The number of aryl methyl sites for hydroxylation is 2. The molecule has 0 saturated carbocycles. The zero-order chi connectivity index (χ0) is 23.2. The first-order valence-electron chi connectivity index (χ1n) is 10.1. The molecule has 0 fully saturated rings. The molecule has 4 aromatic rings. The third-order valence-electron chi connectivity index (χ3n) is 4.55. The highest BCUT2D eigenvalue weighted by molar-refractivity contribution is 5.69. The lowest BCUT2D eigenvalue weighted by atomic mass is 10.1. The number of ether oxygens (including phenoxy) is 1. The summed E-state index contributed by atoms with van der Waals surface area (Å²) in [5.41, 5.74) is 3.57. The van der Waals surface area contributed by atoms with Crippen LogP contribution in [-0.4, -0.2) is 14.9 Å². The molecule has 4 rings (SSSR count). The molecule has 3 aromatic carbocycles.